The fraction of sp³-hybridized carbons (Fsp3) is 0.517. The summed E-state index contributed by atoms with van der Waals surface area (Å²) in [5, 5.41) is 57.3. The van der Waals surface area contributed by atoms with Gasteiger partial charge in [0.15, 0.2) is 6.23 Å². The lowest BCUT2D eigenvalue weighted by Crippen LogP contribution is -2.50. The number of nitrogens with zero attached hydrogens (tertiary/aromatic N) is 1. The molecule has 238 valence electrons. The molecule has 2 amide bonds. The minimum Gasteiger partial charge on any atom is -0.396 e. The first-order chi connectivity index (χ1) is 21.1. The van der Waals surface area contributed by atoms with E-state index in [1.165, 1.54) is 0 Å². The summed E-state index contributed by atoms with van der Waals surface area (Å²) in [6.45, 7) is -0.593. The van der Waals surface area contributed by atoms with Crippen LogP contribution in [0.5, 0.6) is 0 Å². The molecule has 0 spiro atoms. The Hall–Kier alpha value is -3.86. The van der Waals surface area contributed by atoms with Crippen molar-refractivity contribution in [2.75, 3.05) is 13.2 Å². The maximum atomic E-state index is 13.4. The predicted octanol–water partition coefficient (Wildman–Crippen LogP) is -2.39. The van der Waals surface area contributed by atoms with Crippen molar-refractivity contribution in [1.29, 1.82) is 0 Å². The summed E-state index contributed by atoms with van der Waals surface area (Å²) in [4.78, 5) is 55.2. The molecule has 1 unspecified atom stereocenters. The number of rotatable bonds is 11. The molecule has 1 saturated heterocycles. The van der Waals surface area contributed by atoms with E-state index in [1.807, 2.05) is 35.4 Å². The van der Waals surface area contributed by atoms with Gasteiger partial charge in [-0.2, -0.15) is 0 Å². The summed E-state index contributed by atoms with van der Waals surface area (Å²) >= 11 is 0. The molecule has 1 saturated carbocycles. The van der Waals surface area contributed by atoms with Crippen LogP contribution in [0.4, 0.5) is 0 Å². The number of benzene rings is 1. The Morgan fingerprint density at radius 3 is 2.50 bits per heavy atom. The second-order valence-corrected chi connectivity index (χ2v) is 11.5. The van der Waals surface area contributed by atoms with Gasteiger partial charge >= 0.3 is 5.69 Å². The molecule has 2 fully saturated rings. The van der Waals surface area contributed by atoms with Crippen LogP contribution in [0.15, 0.2) is 52.3 Å². The topological polar surface area (TPSA) is 239 Å². The Morgan fingerprint density at radius 2 is 1.77 bits per heavy atom. The molecule has 5 rings (SSSR count). The highest BCUT2D eigenvalue weighted by Gasteiger charge is 2.45. The zero-order chi connectivity index (χ0) is 31.5. The number of carbonyl (C=O) groups is 2. The Kier molecular flexibility index (Phi) is 9.62. The molecule has 3 aromatic rings. The minimum atomic E-state index is -1.53. The number of ether oxygens (including phenoxy) is 1. The summed E-state index contributed by atoms with van der Waals surface area (Å²) < 4.78 is 6.59. The molecule has 2 aliphatic rings. The molecule has 1 aliphatic carbocycles. The van der Waals surface area contributed by atoms with E-state index in [-0.39, 0.29) is 32.4 Å². The fourth-order valence-electron chi connectivity index (χ4n) is 6.09. The summed E-state index contributed by atoms with van der Waals surface area (Å²) in [6.07, 6.45) is -4.14. The van der Waals surface area contributed by atoms with Gasteiger partial charge in [0.25, 0.3) is 5.56 Å². The smallest absolute Gasteiger partial charge is 0.330 e. The Labute approximate surface area is 250 Å². The number of aliphatic hydroxyl groups is 5. The maximum Gasteiger partial charge on any atom is 0.330 e. The molecule has 15 heteroatoms. The van der Waals surface area contributed by atoms with Crippen molar-refractivity contribution in [3.8, 4) is 0 Å². The number of carbonyl (C=O) groups excluding carboxylic acids is 2. The van der Waals surface area contributed by atoms with Crippen molar-refractivity contribution in [2.24, 2.45) is 11.8 Å². The molecule has 1 aromatic carbocycles. The van der Waals surface area contributed by atoms with Gasteiger partial charge in [-0.15, -0.1) is 0 Å². The molecular weight excluding hydrogens is 578 g/mol. The van der Waals surface area contributed by atoms with Crippen LogP contribution in [-0.2, 0) is 20.7 Å². The van der Waals surface area contributed by atoms with Gasteiger partial charge in [-0.05, 0) is 36.8 Å². The summed E-state index contributed by atoms with van der Waals surface area (Å²) in [7, 11) is 0. The van der Waals surface area contributed by atoms with Crippen LogP contribution in [0.25, 0.3) is 10.9 Å². The number of fused-ring (bicyclic) bond motifs is 1. The number of nitrogens with one attached hydrogen (secondary N) is 4. The van der Waals surface area contributed by atoms with Gasteiger partial charge in [0.1, 0.15) is 24.4 Å². The number of amides is 2. The van der Waals surface area contributed by atoms with E-state index in [0.717, 1.165) is 33.3 Å². The average Bonchev–Trinajstić information content (AvgIpc) is 3.63. The standard InChI is InChI=1S/C29H37N5O10/c35-13-16-9-15(23(38)24(16)39)10-22(37)32-19(6-5-14-11-30-18-4-2-1-3-17(14)18)27(42)31-12-20-25(40)26(41)28(44-20)34-8-7-21(36)33-29(34)43/h1-4,7-8,11,15-16,19-20,23-26,28,30,35,38-41H,5-6,9-10,12-13H2,(H,31,42)(H,32,37)(H,33,36,43)/t15-,16-,19+,20?,23-,24-,25+,26+,28+/m0/s1. The first-order valence-corrected chi connectivity index (χ1v) is 14.5. The zero-order valence-electron chi connectivity index (χ0n) is 23.7. The Balaban J connectivity index is 1.25. The average molecular weight is 616 g/mol. The molecule has 0 radical (unpaired) electrons. The maximum absolute atomic E-state index is 13.4. The van der Waals surface area contributed by atoms with Crippen molar-refractivity contribution in [1.82, 2.24) is 25.2 Å². The second kappa shape index (κ2) is 13.4. The van der Waals surface area contributed by atoms with Crippen molar-refractivity contribution >= 4 is 22.7 Å². The van der Waals surface area contributed by atoms with Gasteiger partial charge in [-0.3, -0.25) is 23.9 Å². The van der Waals surface area contributed by atoms with Gasteiger partial charge in [0, 0.05) is 54.9 Å². The first-order valence-electron chi connectivity index (χ1n) is 14.5. The molecule has 3 heterocycles. The lowest BCUT2D eigenvalue weighted by atomic mass is 9.99. The number of para-hydroxylation sites is 1. The highest BCUT2D eigenvalue weighted by Crippen LogP contribution is 2.34. The quantitative estimate of drug-likeness (QED) is 0.111. The highest BCUT2D eigenvalue weighted by atomic mass is 16.6. The lowest BCUT2D eigenvalue weighted by Gasteiger charge is -2.22. The van der Waals surface area contributed by atoms with Crippen molar-refractivity contribution in [3.05, 3.63) is 69.1 Å². The minimum absolute atomic E-state index is 0.169. The number of aromatic amines is 2. The van der Waals surface area contributed by atoms with E-state index < -0.39 is 77.7 Å². The Morgan fingerprint density at radius 1 is 1.02 bits per heavy atom. The van der Waals surface area contributed by atoms with Crippen LogP contribution in [0.1, 0.15) is 31.1 Å². The number of aliphatic hydroxyl groups excluding tert-OH is 5. The van der Waals surface area contributed by atoms with E-state index >= 15 is 0 Å². The van der Waals surface area contributed by atoms with Gasteiger partial charge in [0.2, 0.25) is 11.8 Å². The third kappa shape index (κ3) is 6.62. The van der Waals surface area contributed by atoms with E-state index in [9.17, 15) is 44.7 Å². The van der Waals surface area contributed by atoms with Gasteiger partial charge < -0.3 is 45.9 Å². The molecule has 44 heavy (non-hydrogen) atoms. The normalized spacial score (nSPS) is 29.1. The summed E-state index contributed by atoms with van der Waals surface area (Å²) in [5.41, 5.74) is 0.362. The number of hydrogen-bond acceptors (Lipinski definition) is 10. The van der Waals surface area contributed by atoms with Crippen LogP contribution < -0.4 is 21.9 Å². The lowest BCUT2D eigenvalue weighted by molar-refractivity contribution is -0.130. The van der Waals surface area contributed by atoms with Crippen LogP contribution in [0, 0.1) is 11.8 Å². The number of aromatic nitrogens is 3. The predicted molar refractivity (Wildman–Crippen MR) is 154 cm³/mol. The summed E-state index contributed by atoms with van der Waals surface area (Å²) in [6, 6.07) is 7.67. The van der Waals surface area contributed by atoms with E-state index in [2.05, 4.69) is 15.6 Å². The van der Waals surface area contributed by atoms with Crippen molar-refractivity contribution in [3.63, 3.8) is 0 Å². The highest BCUT2D eigenvalue weighted by molar-refractivity contribution is 5.88. The van der Waals surface area contributed by atoms with E-state index in [0.29, 0.717) is 6.42 Å². The molecule has 0 bridgehead atoms. The number of aryl methyl sites for hydroxylation is 1. The SMILES string of the molecule is O=C(C[C@@H]1C[C@@H](CO)[C@H](O)[C@H]1O)N[C@H](CCc1c[nH]c2ccccc12)C(=O)NCC1O[C@@H](n2ccc(=O)[nH]c2=O)[C@H](O)[C@@H]1O. The van der Waals surface area contributed by atoms with E-state index in [1.54, 1.807) is 0 Å². The van der Waals surface area contributed by atoms with Crippen LogP contribution in [-0.4, -0.2) is 102 Å². The molecule has 9 N–H and O–H groups in total. The van der Waals surface area contributed by atoms with E-state index in [4.69, 9.17) is 4.74 Å². The molecule has 2 aromatic heterocycles. The molecular formula is C29H37N5O10. The van der Waals surface area contributed by atoms with Gasteiger partial charge in [-0.25, -0.2) is 4.79 Å². The van der Waals surface area contributed by atoms with Crippen LogP contribution in [0.3, 0.4) is 0 Å². The first kappa shape index (κ1) is 31.6. The molecule has 1 aliphatic heterocycles. The Bertz CT molecular complexity index is 1590. The monoisotopic (exact) mass is 615 g/mol. The fourth-order valence-corrected chi connectivity index (χ4v) is 6.09. The number of hydrogen-bond donors (Lipinski definition) is 9. The molecule has 15 nitrogen and oxygen atoms in total. The van der Waals surface area contributed by atoms with Crippen LogP contribution >= 0.6 is 0 Å². The largest absolute Gasteiger partial charge is 0.396 e. The van der Waals surface area contributed by atoms with Crippen molar-refractivity contribution in [2.45, 2.75) is 68.5 Å². The van der Waals surface area contributed by atoms with Gasteiger partial charge in [-0.1, -0.05) is 18.2 Å². The van der Waals surface area contributed by atoms with Crippen molar-refractivity contribution < 1.29 is 39.9 Å². The third-order valence-electron chi connectivity index (χ3n) is 8.57. The molecule has 9 atom stereocenters. The number of H-pyrrole nitrogens is 2. The summed E-state index contributed by atoms with van der Waals surface area (Å²) in [5.74, 6) is -2.26. The zero-order valence-corrected chi connectivity index (χ0v) is 23.7. The van der Waals surface area contributed by atoms with Gasteiger partial charge in [0.05, 0.1) is 12.2 Å². The third-order valence-corrected chi connectivity index (χ3v) is 8.57. The second-order valence-electron chi connectivity index (χ2n) is 11.5. The van der Waals surface area contributed by atoms with Crippen LogP contribution in [0.2, 0.25) is 0 Å².